The molecule has 0 spiro atoms. The second-order valence-electron chi connectivity index (χ2n) is 10.3. The minimum atomic E-state index is 0.00474. The number of rotatable bonds is 4. The molecule has 37 heavy (non-hydrogen) atoms. The minimum Gasteiger partial charge on any atom is -0.496 e. The summed E-state index contributed by atoms with van der Waals surface area (Å²) in [5.74, 6) is 0.573. The molecule has 1 aliphatic rings. The molecule has 2 aromatic heterocycles. The maximum Gasteiger partial charge on any atom is 0.257 e. The van der Waals surface area contributed by atoms with Crippen LogP contribution in [0.2, 0.25) is 0 Å². The normalized spacial score (nSPS) is 14.5. The largest absolute Gasteiger partial charge is 0.496 e. The fourth-order valence-electron chi connectivity index (χ4n) is 4.88. The van der Waals surface area contributed by atoms with E-state index in [2.05, 4.69) is 36.7 Å². The van der Waals surface area contributed by atoms with Crippen LogP contribution in [0.3, 0.4) is 0 Å². The van der Waals surface area contributed by atoms with Crippen LogP contribution in [0.1, 0.15) is 36.7 Å². The average Bonchev–Trinajstić information content (AvgIpc) is 3.35. The molecule has 188 valence electrons. The lowest BCUT2D eigenvalue weighted by atomic mass is 10.0. The van der Waals surface area contributed by atoms with E-state index in [9.17, 15) is 4.79 Å². The van der Waals surface area contributed by atoms with Crippen molar-refractivity contribution in [1.29, 1.82) is 5.26 Å². The first-order chi connectivity index (χ1) is 17.8. The topological polar surface area (TPSA) is 73.9 Å². The summed E-state index contributed by atoms with van der Waals surface area (Å²) in [6.45, 7) is 9.76. The molecule has 0 radical (unpaired) electrons. The Labute approximate surface area is 217 Å². The number of nitrogens with zero attached hydrogens (tertiary/aromatic N) is 5. The van der Waals surface area contributed by atoms with Crippen molar-refractivity contribution in [3.8, 4) is 34.2 Å². The molecule has 0 aliphatic carbocycles. The monoisotopic (exact) mass is 493 g/mol. The molecule has 1 aliphatic heterocycles. The number of hydrogen-bond acceptors (Lipinski definition) is 5. The minimum absolute atomic E-state index is 0.00474. The quantitative estimate of drug-likeness (QED) is 0.395. The van der Waals surface area contributed by atoms with E-state index in [-0.39, 0.29) is 11.4 Å². The van der Waals surface area contributed by atoms with Crippen LogP contribution in [0, 0.1) is 11.3 Å². The average molecular weight is 494 g/mol. The lowest BCUT2D eigenvalue weighted by Crippen LogP contribution is -2.54. The number of amides is 1. The number of aromatic nitrogens is 2. The Bertz CT molecular complexity index is 1480. The molecule has 4 aromatic rings. The number of hydrogen-bond donors (Lipinski definition) is 0. The molecule has 0 unspecified atom stereocenters. The van der Waals surface area contributed by atoms with Crippen LogP contribution in [0.25, 0.3) is 28.0 Å². The lowest BCUT2D eigenvalue weighted by Gasteiger charge is -2.42. The van der Waals surface area contributed by atoms with E-state index >= 15 is 0 Å². The number of ether oxygens (including phenoxy) is 1. The van der Waals surface area contributed by atoms with Gasteiger partial charge in [0.2, 0.25) is 0 Å². The van der Waals surface area contributed by atoms with Gasteiger partial charge in [0.25, 0.3) is 5.91 Å². The SMILES string of the molecule is COc1cc(-c2ccc3ncc(-c4ccc(C#N)cc4)n3c2)ccc1C(=O)N1CCN(C(C)(C)C)CC1. The molecule has 3 heterocycles. The standard InChI is InChI=1S/C30H31N5O2/c1-30(2,3)34-15-13-33(14-16-34)29(36)25-11-9-23(17-27(25)37-4)24-10-12-28-32-19-26(35(28)20-24)22-7-5-21(18-31)6-8-22/h5-12,17,19-20H,13-16H2,1-4H3. The Morgan fingerprint density at radius 2 is 1.62 bits per heavy atom. The first-order valence-corrected chi connectivity index (χ1v) is 12.5. The predicted octanol–water partition coefficient (Wildman–Crippen LogP) is 5.10. The summed E-state index contributed by atoms with van der Waals surface area (Å²) in [4.78, 5) is 22.2. The van der Waals surface area contributed by atoms with Crippen molar-refractivity contribution in [3.63, 3.8) is 0 Å². The molecular weight excluding hydrogens is 462 g/mol. The van der Waals surface area contributed by atoms with Crippen LogP contribution < -0.4 is 4.74 Å². The number of imidazole rings is 1. The Morgan fingerprint density at radius 1 is 0.946 bits per heavy atom. The van der Waals surface area contributed by atoms with Crippen LogP contribution >= 0.6 is 0 Å². The molecule has 1 saturated heterocycles. The molecule has 5 rings (SSSR count). The Balaban J connectivity index is 1.42. The van der Waals surface area contributed by atoms with Gasteiger partial charge in [-0.15, -0.1) is 0 Å². The first kappa shape index (κ1) is 24.5. The van der Waals surface area contributed by atoms with Crippen molar-refractivity contribution in [2.75, 3.05) is 33.3 Å². The van der Waals surface area contributed by atoms with Gasteiger partial charge in [-0.1, -0.05) is 18.2 Å². The van der Waals surface area contributed by atoms with Crippen LogP contribution in [0.5, 0.6) is 5.75 Å². The second kappa shape index (κ2) is 9.72. The summed E-state index contributed by atoms with van der Waals surface area (Å²) in [7, 11) is 1.61. The number of pyridine rings is 1. The van der Waals surface area contributed by atoms with Crippen molar-refractivity contribution in [1.82, 2.24) is 19.2 Å². The highest BCUT2D eigenvalue weighted by Gasteiger charge is 2.29. The van der Waals surface area contributed by atoms with Gasteiger partial charge in [-0.05, 0) is 68.3 Å². The first-order valence-electron chi connectivity index (χ1n) is 12.5. The molecule has 2 aromatic carbocycles. The Hall–Kier alpha value is -4.15. The number of benzene rings is 2. The summed E-state index contributed by atoms with van der Waals surface area (Å²) < 4.78 is 7.72. The number of methoxy groups -OCH3 is 1. The van der Waals surface area contributed by atoms with E-state index in [1.165, 1.54) is 0 Å². The van der Waals surface area contributed by atoms with Gasteiger partial charge in [0, 0.05) is 43.5 Å². The zero-order valence-corrected chi connectivity index (χ0v) is 21.7. The van der Waals surface area contributed by atoms with Crippen molar-refractivity contribution in [2.24, 2.45) is 0 Å². The van der Waals surface area contributed by atoms with Gasteiger partial charge >= 0.3 is 0 Å². The highest BCUT2D eigenvalue weighted by Crippen LogP contribution is 2.30. The zero-order valence-electron chi connectivity index (χ0n) is 21.7. The molecule has 7 nitrogen and oxygen atoms in total. The van der Waals surface area contributed by atoms with Crippen LogP contribution in [-0.4, -0.2) is 63.9 Å². The van der Waals surface area contributed by atoms with Gasteiger partial charge < -0.3 is 9.64 Å². The maximum absolute atomic E-state index is 13.4. The fourth-order valence-corrected chi connectivity index (χ4v) is 4.88. The summed E-state index contributed by atoms with van der Waals surface area (Å²) in [6, 6.07) is 19.4. The van der Waals surface area contributed by atoms with Crippen molar-refractivity contribution in [3.05, 3.63) is 78.1 Å². The third-order valence-corrected chi connectivity index (χ3v) is 7.10. The lowest BCUT2D eigenvalue weighted by molar-refractivity contribution is 0.0449. The third kappa shape index (κ3) is 4.81. The van der Waals surface area contributed by atoms with E-state index in [4.69, 9.17) is 10.00 Å². The van der Waals surface area contributed by atoms with Crippen LogP contribution in [0.4, 0.5) is 0 Å². The number of piperazine rings is 1. The molecule has 7 heteroatoms. The van der Waals surface area contributed by atoms with Crippen molar-refractivity contribution in [2.45, 2.75) is 26.3 Å². The second-order valence-corrected chi connectivity index (χ2v) is 10.3. The molecule has 1 fully saturated rings. The molecule has 0 atom stereocenters. The molecule has 0 saturated carbocycles. The van der Waals surface area contributed by atoms with Gasteiger partial charge in [0.05, 0.1) is 36.2 Å². The van der Waals surface area contributed by atoms with Crippen molar-refractivity contribution >= 4 is 11.6 Å². The number of nitriles is 1. The summed E-state index contributed by atoms with van der Waals surface area (Å²) in [5.41, 5.74) is 5.99. The fraction of sp³-hybridized carbons (Fsp3) is 0.300. The number of carbonyl (C=O) groups is 1. The van der Waals surface area contributed by atoms with E-state index < -0.39 is 0 Å². The summed E-state index contributed by atoms with van der Waals surface area (Å²) in [5, 5.41) is 9.10. The Morgan fingerprint density at radius 3 is 2.27 bits per heavy atom. The van der Waals surface area contributed by atoms with Crippen LogP contribution in [-0.2, 0) is 0 Å². The highest BCUT2D eigenvalue weighted by molar-refractivity contribution is 5.97. The van der Waals surface area contributed by atoms with E-state index in [0.29, 0.717) is 30.0 Å². The zero-order chi connectivity index (χ0) is 26.2. The highest BCUT2D eigenvalue weighted by atomic mass is 16.5. The smallest absolute Gasteiger partial charge is 0.257 e. The van der Waals surface area contributed by atoms with Gasteiger partial charge in [-0.3, -0.25) is 14.1 Å². The van der Waals surface area contributed by atoms with Crippen molar-refractivity contribution < 1.29 is 9.53 Å². The number of fused-ring (bicyclic) bond motifs is 1. The molecule has 0 N–H and O–H groups in total. The third-order valence-electron chi connectivity index (χ3n) is 7.10. The van der Waals surface area contributed by atoms with Gasteiger partial charge in [-0.25, -0.2) is 4.98 Å². The predicted molar refractivity (Wildman–Crippen MR) is 145 cm³/mol. The van der Waals surface area contributed by atoms with Gasteiger partial charge in [-0.2, -0.15) is 5.26 Å². The van der Waals surface area contributed by atoms with E-state index in [1.807, 2.05) is 76.3 Å². The summed E-state index contributed by atoms with van der Waals surface area (Å²) >= 11 is 0. The van der Waals surface area contributed by atoms with E-state index in [0.717, 1.165) is 41.1 Å². The van der Waals surface area contributed by atoms with Gasteiger partial charge in [0.1, 0.15) is 11.4 Å². The summed E-state index contributed by atoms with van der Waals surface area (Å²) in [6.07, 6.45) is 3.88. The van der Waals surface area contributed by atoms with Crippen LogP contribution in [0.15, 0.2) is 67.0 Å². The molecule has 1 amide bonds. The molecule has 0 bridgehead atoms. The molecular formula is C30H31N5O2. The number of carbonyl (C=O) groups excluding carboxylic acids is 1. The van der Waals surface area contributed by atoms with Gasteiger partial charge in [0.15, 0.2) is 0 Å². The maximum atomic E-state index is 13.4. The Kier molecular flexibility index (Phi) is 6.45. The van der Waals surface area contributed by atoms with E-state index in [1.54, 1.807) is 7.11 Å².